The zero-order chi connectivity index (χ0) is 21.4. The van der Waals surface area contributed by atoms with Gasteiger partial charge < -0.3 is 15.0 Å². The van der Waals surface area contributed by atoms with Crippen molar-refractivity contribution in [3.8, 4) is 0 Å². The number of nitro benzene ring substituents is 1. The Hall–Kier alpha value is -3.49. The standard InChI is InChI=1S/C20H22FN3O5/c1-3-22-17-10-5-14(13-18(17)24(27)28)20(26)23(12-11-19(25)29-4-2)16-8-6-15(21)7-9-16/h5-10,13,22H,3-4,11-12H2,1-2H3. The average Bonchev–Trinajstić information content (AvgIpc) is 2.69. The van der Waals surface area contributed by atoms with Crippen molar-refractivity contribution in [2.75, 3.05) is 29.9 Å². The molecule has 0 spiro atoms. The van der Waals surface area contributed by atoms with Crippen molar-refractivity contribution >= 4 is 28.9 Å². The quantitative estimate of drug-likeness (QED) is 0.389. The number of nitrogens with zero attached hydrogens (tertiary/aromatic N) is 2. The highest BCUT2D eigenvalue weighted by Gasteiger charge is 2.23. The van der Waals surface area contributed by atoms with Gasteiger partial charge in [0.2, 0.25) is 0 Å². The maximum absolute atomic E-state index is 13.3. The van der Waals surface area contributed by atoms with E-state index in [9.17, 15) is 24.1 Å². The van der Waals surface area contributed by atoms with Crippen molar-refractivity contribution in [2.24, 2.45) is 0 Å². The summed E-state index contributed by atoms with van der Waals surface area (Å²) in [4.78, 5) is 36.9. The molecule has 2 aromatic carbocycles. The third-order valence-corrected chi connectivity index (χ3v) is 4.04. The van der Waals surface area contributed by atoms with Gasteiger partial charge in [-0.25, -0.2) is 4.39 Å². The van der Waals surface area contributed by atoms with E-state index in [1.54, 1.807) is 13.8 Å². The summed E-state index contributed by atoms with van der Waals surface area (Å²) in [6.45, 7) is 4.14. The van der Waals surface area contributed by atoms with E-state index in [4.69, 9.17) is 4.74 Å². The number of anilines is 2. The van der Waals surface area contributed by atoms with Gasteiger partial charge in [-0.2, -0.15) is 0 Å². The first-order valence-corrected chi connectivity index (χ1v) is 9.12. The maximum atomic E-state index is 13.3. The number of rotatable bonds is 9. The summed E-state index contributed by atoms with van der Waals surface area (Å²) >= 11 is 0. The van der Waals surface area contributed by atoms with Crippen LogP contribution in [0.5, 0.6) is 0 Å². The molecule has 0 radical (unpaired) electrons. The first-order chi connectivity index (χ1) is 13.9. The zero-order valence-electron chi connectivity index (χ0n) is 16.2. The number of hydrogen-bond acceptors (Lipinski definition) is 6. The Balaban J connectivity index is 2.37. The van der Waals surface area contributed by atoms with Gasteiger partial charge >= 0.3 is 5.97 Å². The summed E-state index contributed by atoms with van der Waals surface area (Å²) in [7, 11) is 0. The second kappa shape index (κ2) is 10.2. The number of ether oxygens (including phenoxy) is 1. The van der Waals surface area contributed by atoms with Crippen molar-refractivity contribution < 1.29 is 23.6 Å². The van der Waals surface area contributed by atoms with Crippen LogP contribution in [0.3, 0.4) is 0 Å². The molecule has 0 saturated carbocycles. The summed E-state index contributed by atoms with van der Waals surface area (Å²) in [5.41, 5.74) is 0.502. The molecule has 0 saturated heterocycles. The number of carbonyl (C=O) groups is 2. The predicted molar refractivity (Wildman–Crippen MR) is 107 cm³/mol. The number of carbonyl (C=O) groups excluding carboxylic acids is 2. The summed E-state index contributed by atoms with van der Waals surface area (Å²) in [6, 6.07) is 9.30. The van der Waals surface area contributed by atoms with Gasteiger partial charge in [0.1, 0.15) is 11.5 Å². The molecule has 154 valence electrons. The van der Waals surface area contributed by atoms with Crippen LogP contribution >= 0.6 is 0 Å². The van der Waals surface area contributed by atoms with Crippen LogP contribution in [0, 0.1) is 15.9 Å². The highest BCUT2D eigenvalue weighted by Crippen LogP contribution is 2.27. The van der Waals surface area contributed by atoms with E-state index in [2.05, 4.69) is 5.32 Å². The Kier molecular flexibility index (Phi) is 7.64. The van der Waals surface area contributed by atoms with E-state index < -0.39 is 22.6 Å². The molecule has 2 aromatic rings. The molecule has 8 nitrogen and oxygen atoms in total. The molecule has 29 heavy (non-hydrogen) atoms. The van der Waals surface area contributed by atoms with Crippen molar-refractivity contribution in [1.29, 1.82) is 0 Å². The van der Waals surface area contributed by atoms with Gasteiger partial charge in [0.15, 0.2) is 0 Å². The molecule has 0 atom stereocenters. The lowest BCUT2D eigenvalue weighted by Gasteiger charge is -2.23. The van der Waals surface area contributed by atoms with Crippen LogP contribution in [-0.2, 0) is 9.53 Å². The number of halogens is 1. The molecule has 0 heterocycles. The van der Waals surface area contributed by atoms with Gasteiger partial charge in [-0.05, 0) is 50.2 Å². The lowest BCUT2D eigenvalue weighted by atomic mass is 10.1. The minimum absolute atomic E-state index is 0.0218. The second-order valence-corrected chi connectivity index (χ2v) is 6.01. The molecular weight excluding hydrogens is 381 g/mol. The largest absolute Gasteiger partial charge is 0.466 e. The van der Waals surface area contributed by atoms with Crippen LogP contribution in [0.25, 0.3) is 0 Å². The predicted octanol–water partition coefficient (Wildman–Crippen LogP) is 3.77. The van der Waals surface area contributed by atoms with Crippen molar-refractivity contribution in [1.82, 2.24) is 0 Å². The molecule has 0 aliphatic heterocycles. The topological polar surface area (TPSA) is 102 Å². The lowest BCUT2D eigenvalue weighted by Crippen LogP contribution is -2.33. The number of amides is 1. The molecule has 0 bridgehead atoms. The smallest absolute Gasteiger partial charge is 0.307 e. The number of nitro groups is 1. The van der Waals surface area contributed by atoms with E-state index >= 15 is 0 Å². The molecular formula is C20H22FN3O5. The van der Waals surface area contributed by atoms with Crippen LogP contribution in [-0.4, -0.2) is 36.5 Å². The summed E-state index contributed by atoms with van der Waals surface area (Å²) in [6.07, 6.45) is -0.0749. The summed E-state index contributed by atoms with van der Waals surface area (Å²) < 4.78 is 18.2. The Morgan fingerprint density at radius 2 is 1.86 bits per heavy atom. The van der Waals surface area contributed by atoms with Crippen molar-refractivity contribution in [3.05, 3.63) is 64.0 Å². The third kappa shape index (κ3) is 5.74. The van der Waals surface area contributed by atoms with Crippen molar-refractivity contribution in [2.45, 2.75) is 20.3 Å². The SMILES string of the molecule is CCNc1ccc(C(=O)N(CCC(=O)OCC)c2ccc(F)cc2)cc1[N+](=O)[O-]. The Labute approximate surface area is 167 Å². The number of esters is 1. The fraction of sp³-hybridized carbons (Fsp3) is 0.300. The molecule has 9 heteroatoms. The number of nitrogens with one attached hydrogen (secondary N) is 1. The Morgan fingerprint density at radius 1 is 1.17 bits per heavy atom. The molecule has 0 aliphatic rings. The van der Waals surface area contributed by atoms with Crippen LogP contribution in [0.4, 0.5) is 21.5 Å². The van der Waals surface area contributed by atoms with E-state index in [0.29, 0.717) is 17.9 Å². The van der Waals surface area contributed by atoms with Crippen molar-refractivity contribution in [3.63, 3.8) is 0 Å². The zero-order valence-corrected chi connectivity index (χ0v) is 16.2. The second-order valence-electron chi connectivity index (χ2n) is 6.01. The van der Waals surface area contributed by atoms with E-state index in [1.807, 2.05) is 0 Å². The van der Waals surface area contributed by atoms with E-state index in [0.717, 1.165) is 0 Å². The van der Waals surface area contributed by atoms with E-state index in [1.165, 1.54) is 47.4 Å². The number of hydrogen-bond donors (Lipinski definition) is 1. The normalized spacial score (nSPS) is 10.3. The first-order valence-electron chi connectivity index (χ1n) is 9.12. The van der Waals surface area contributed by atoms with E-state index in [-0.39, 0.29) is 30.8 Å². The monoisotopic (exact) mass is 403 g/mol. The highest BCUT2D eigenvalue weighted by atomic mass is 19.1. The first kappa shape index (κ1) is 21.8. The highest BCUT2D eigenvalue weighted by molar-refractivity contribution is 6.07. The van der Waals surface area contributed by atoms with Crippen LogP contribution in [0.15, 0.2) is 42.5 Å². The fourth-order valence-electron chi connectivity index (χ4n) is 2.72. The minimum atomic E-state index is -0.574. The van der Waals surface area contributed by atoms with Gasteiger partial charge in [-0.15, -0.1) is 0 Å². The van der Waals surface area contributed by atoms with Gasteiger partial charge in [0.25, 0.3) is 11.6 Å². The summed E-state index contributed by atoms with van der Waals surface area (Å²) in [5.74, 6) is -1.51. The molecule has 0 aromatic heterocycles. The van der Waals surface area contributed by atoms with Crippen LogP contribution in [0.2, 0.25) is 0 Å². The Bertz CT molecular complexity index is 886. The third-order valence-electron chi connectivity index (χ3n) is 4.04. The Morgan fingerprint density at radius 3 is 2.45 bits per heavy atom. The van der Waals surface area contributed by atoms with Gasteiger partial charge in [0, 0.05) is 30.4 Å². The van der Waals surface area contributed by atoms with Gasteiger partial charge in [-0.1, -0.05) is 0 Å². The molecule has 0 fully saturated rings. The minimum Gasteiger partial charge on any atom is -0.466 e. The molecule has 2 rings (SSSR count). The van der Waals surface area contributed by atoms with Crippen LogP contribution in [0.1, 0.15) is 30.6 Å². The average molecular weight is 403 g/mol. The molecule has 0 aliphatic carbocycles. The molecule has 1 N–H and O–H groups in total. The lowest BCUT2D eigenvalue weighted by molar-refractivity contribution is -0.384. The van der Waals surface area contributed by atoms with Gasteiger partial charge in [0.05, 0.1) is 18.0 Å². The van der Waals surface area contributed by atoms with Gasteiger partial charge in [-0.3, -0.25) is 19.7 Å². The maximum Gasteiger partial charge on any atom is 0.307 e. The fourth-order valence-corrected chi connectivity index (χ4v) is 2.72. The molecule has 1 amide bonds. The number of benzene rings is 2. The van der Waals surface area contributed by atoms with Crippen LogP contribution < -0.4 is 10.2 Å². The summed E-state index contributed by atoms with van der Waals surface area (Å²) in [5, 5.41) is 14.2. The molecule has 0 unspecified atom stereocenters.